The molecule has 0 N–H and O–H groups in total. The second-order valence-electron chi connectivity index (χ2n) is 5.25. The number of methoxy groups -OCH3 is 1. The summed E-state index contributed by atoms with van der Waals surface area (Å²) in [4.78, 5) is 16.7. The van der Waals surface area contributed by atoms with E-state index in [1.807, 2.05) is 12.1 Å². The van der Waals surface area contributed by atoms with Gasteiger partial charge in [0.05, 0.1) is 17.4 Å². The van der Waals surface area contributed by atoms with Crippen molar-refractivity contribution in [3.8, 4) is 5.75 Å². The molecule has 2 aromatic carbocycles. The number of para-hydroxylation sites is 1. The molecule has 1 amide bonds. The molecule has 0 atom stereocenters. The van der Waals surface area contributed by atoms with Gasteiger partial charge in [0.2, 0.25) is 0 Å². The third-order valence-corrected chi connectivity index (χ3v) is 4.74. The zero-order chi connectivity index (χ0) is 18.2. The Kier molecular flexibility index (Phi) is 4.38. The molecule has 0 aliphatic carbocycles. The van der Waals surface area contributed by atoms with Crippen LogP contribution in [0.3, 0.4) is 0 Å². The SMILES string of the molecule is COc1cccc2sc(=NC(=O)c3cccc(C(F)(F)F)c3)n(C)c12. The van der Waals surface area contributed by atoms with Gasteiger partial charge in [0.25, 0.3) is 5.91 Å². The Labute approximate surface area is 144 Å². The van der Waals surface area contributed by atoms with Crippen molar-refractivity contribution >= 4 is 27.5 Å². The van der Waals surface area contributed by atoms with E-state index < -0.39 is 17.6 Å². The summed E-state index contributed by atoms with van der Waals surface area (Å²) in [5.74, 6) is -0.101. The number of carbonyl (C=O) groups is 1. The molecule has 0 bridgehead atoms. The number of thiazole rings is 1. The molecule has 1 heterocycles. The summed E-state index contributed by atoms with van der Waals surface area (Å²) in [7, 11) is 3.26. The number of nitrogens with zero attached hydrogens (tertiary/aromatic N) is 2. The third-order valence-electron chi connectivity index (χ3n) is 3.64. The fourth-order valence-corrected chi connectivity index (χ4v) is 3.45. The first kappa shape index (κ1) is 17.2. The van der Waals surface area contributed by atoms with Gasteiger partial charge in [-0.15, -0.1) is 0 Å². The second-order valence-corrected chi connectivity index (χ2v) is 6.26. The molecule has 0 saturated heterocycles. The van der Waals surface area contributed by atoms with Gasteiger partial charge in [-0.05, 0) is 30.3 Å². The monoisotopic (exact) mass is 366 g/mol. The highest BCUT2D eigenvalue weighted by Gasteiger charge is 2.30. The summed E-state index contributed by atoms with van der Waals surface area (Å²) < 4.78 is 46.2. The molecule has 0 saturated carbocycles. The molecule has 8 heteroatoms. The Morgan fingerprint density at radius 1 is 1.20 bits per heavy atom. The van der Waals surface area contributed by atoms with Crippen LogP contribution in [0.5, 0.6) is 5.75 Å². The molecule has 3 rings (SSSR count). The summed E-state index contributed by atoms with van der Waals surface area (Å²) in [6.07, 6.45) is -4.51. The van der Waals surface area contributed by atoms with Crippen LogP contribution >= 0.6 is 11.3 Å². The van der Waals surface area contributed by atoms with Crippen LogP contribution in [-0.4, -0.2) is 17.6 Å². The summed E-state index contributed by atoms with van der Waals surface area (Å²) in [6.45, 7) is 0. The Morgan fingerprint density at radius 3 is 2.60 bits per heavy atom. The minimum atomic E-state index is -4.51. The van der Waals surface area contributed by atoms with Gasteiger partial charge >= 0.3 is 6.18 Å². The van der Waals surface area contributed by atoms with Crippen LogP contribution in [0.25, 0.3) is 10.2 Å². The fourth-order valence-electron chi connectivity index (χ4n) is 2.42. The number of alkyl halides is 3. The highest BCUT2D eigenvalue weighted by Crippen LogP contribution is 2.30. The molecule has 25 heavy (non-hydrogen) atoms. The van der Waals surface area contributed by atoms with Crippen molar-refractivity contribution in [2.75, 3.05) is 7.11 Å². The number of ether oxygens (including phenoxy) is 1. The van der Waals surface area contributed by atoms with E-state index in [4.69, 9.17) is 4.74 Å². The van der Waals surface area contributed by atoms with Crippen LogP contribution in [0.2, 0.25) is 0 Å². The third kappa shape index (κ3) is 3.30. The van der Waals surface area contributed by atoms with E-state index in [0.29, 0.717) is 10.6 Å². The summed E-state index contributed by atoms with van der Waals surface area (Å²) in [5, 5.41) is 0. The normalized spacial score (nSPS) is 12.6. The maximum absolute atomic E-state index is 12.8. The van der Waals surface area contributed by atoms with Crippen LogP contribution < -0.4 is 9.54 Å². The molecular weight excluding hydrogens is 353 g/mol. The minimum Gasteiger partial charge on any atom is -0.495 e. The van der Waals surface area contributed by atoms with Crippen LogP contribution in [-0.2, 0) is 13.2 Å². The molecule has 130 valence electrons. The quantitative estimate of drug-likeness (QED) is 0.688. The van der Waals surface area contributed by atoms with E-state index in [2.05, 4.69) is 4.99 Å². The van der Waals surface area contributed by atoms with Crippen molar-refractivity contribution < 1.29 is 22.7 Å². The van der Waals surface area contributed by atoms with Gasteiger partial charge in [-0.3, -0.25) is 4.79 Å². The molecule has 0 aliphatic rings. The summed E-state index contributed by atoms with van der Waals surface area (Å²) in [5.41, 5.74) is -0.222. The average molecular weight is 366 g/mol. The first-order valence-electron chi connectivity index (χ1n) is 7.20. The van der Waals surface area contributed by atoms with E-state index in [-0.39, 0.29) is 5.56 Å². The lowest BCUT2D eigenvalue weighted by Gasteiger charge is -2.06. The number of carbonyl (C=O) groups excluding carboxylic acids is 1. The van der Waals surface area contributed by atoms with E-state index in [9.17, 15) is 18.0 Å². The van der Waals surface area contributed by atoms with Gasteiger partial charge in [-0.1, -0.05) is 23.5 Å². The minimum absolute atomic E-state index is 0.112. The molecule has 1 aromatic heterocycles. The summed E-state index contributed by atoms with van der Waals surface area (Å²) >= 11 is 1.26. The Hall–Kier alpha value is -2.61. The fraction of sp³-hybridized carbons (Fsp3) is 0.176. The summed E-state index contributed by atoms with van der Waals surface area (Å²) in [6, 6.07) is 9.69. The Balaban J connectivity index is 2.08. The van der Waals surface area contributed by atoms with Crippen LogP contribution in [0.1, 0.15) is 15.9 Å². The lowest BCUT2D eigenvalue weighted by molar-refractivity contribution is -0.137. The van der Waals surface area contributed by atoms with E-state index in [1.54, 1.807) is 17.7 Å². The molecule has 0 unspecified atom stereocenters. The van der Waals surface area contributed by atoms with Gasteiger partial charge in [0.1, 0.15) is 11.3 Å². The lowest BCUT2D eigenvalue weighted by Crippen LogP contribution is -2.14. The number of hydrogen-bond donors (Lipinski definition) is 0. The van der Waals surface area contributed by atoms with Crippen molar-refractivity contribution in [3.05, 3.63) is 58.4 Å². The number of halogens is 3. The Bertz CT molecular complexity index is 1020. The maximum atomic E-state index is 12.8. The largest absolute Gasteiger partial charge is 0.495 e. The first-order valence-corrected chi connectivity index (χ1v) is 8.02. The average Bonchev–Trinajstić information content (AvgIpc) is 2.90. The zero-order valence-electron chi connectivity index (χ0n) is 13.3. The zero-order valence-corrected chi connectivity index (χ0v) is 14.1. The highest BCUT2D eigenvalue weighted by molar-refractivity contribution is 7.16. The van der Waals surface area contributed by atoms with Gasteiger partial charge in [0.15, 0.2) is 4.80 Å². The van der Waals surface area contributed by atoms with Crippen molar-refractivity contribution in [1.29, 1.82) is 0 Å². The van der Waals surface area contributed by atoms with Crippen LogP contribution in [0.4, 0.5) is 13.2 Å². The highest BCUT2D eigenvalue weighted by atomic mass is 32.1. The Morgan fingerprint density at radius 2 is 1.92 bits per heavy atom. The topological polar surface area (TPSA) is 43.6 Å². The maximum Gasteiger partial charge on any atom is 0.416 e. The van der Waals surface area contributed by atoms with Gasteiger partial charge in [0, 0.05) is 12.6 Å². The molecule has 0 fully saturated rings. The molecule has 0 radical (unpaired) electrons. The van der Waals surface area contributed by atoms with Crippen molar-refractivity contribution in [3.63, 3.8) is 0 Å². The van der Waals surface area contributed by atoms with Crippen molar-refractivity contribution in [2.24, 2.45) is 12.0 Å². The molecule has 3 aromatic rings. The van der Waals surface area contributed by atoms with E-state index in [1.165, 1.54) is 30.6 Å². The van der Waals surface area contributed by atoms with E-state index in [0.717, 1.165) is 22.3 Å². The number of aromatic nitrogens is 1. The van der Waals surface area contributed by atoms with Crippen molar-refractivity contribution in [1.82, 2.24) is 4.57 Å². The number of benzene rings is 2. The van der Waals surface area contributed by atoms with Crippen LogP contribution in [0.15, 0.2) is 47.5 Å². The number of rotatable bonds is 2. The molecule has 4 nitrogen and oxygen atoms in total. The molecule has 0 aliphatic heterocycles. The van der Waals surface area contributed by atoms with Crippen molar-refractivity contribution in [2.45, 2.75) is 6.18 Å². The predicted molar refractivity (Wildman–Crippen MR) is 88.7 cm³/mol. The predicted octanol–water partition coefficient (Wildman–Crippen LogP) is 4.01. The molecular formula is C17H13F3N2O2S. The number of aryl methyl sites for hydroxylation is 1. The number of amides is 1. The second kappa shape index (κ2) is 6.36. The lowest BCUT2D eigenvalue weighted by atomic mass is 10.1. The van der Waals surface area contributed by atoms with Gasteiger partial charge in [-0.2, -0.15) is 18.2 Å². The molecule has 0 spiro atoms. The standard InChI is InChI=1S/C17H13F3N2O2S/c1-22-14-12(24-2)7-4-8-13(14)25-16(22)21-15(23)10-5-3-6-11(9-10)17(18,19)20/h3-9H,1-2H3. The first-order chi connectivity index (χ1) is 11.8. The number of hydrogen-bond acceptors (Lipinski definition) is 3. The van der Waals surface area contributed by atoms with E-state index >= 15 is 0 Å². The van der Waals surface area contributed by atoms with Gasteiger partial charge < -0.3 is 9.30 Å². The van der Waals surface area contributed by atoms with Crippen LogP contribution in [0, 0.1) is 0 Å². The number of fused-ring (bicyclic) bond motifs is 1. The van der Waals surface area contributed by atoms with Gasteiger partial charge in [-0.25, -0.2) is 0 Å². The smallest absolute Gasteiger partial charge is 0.416 e.